The van der Waals surface area contributed by atoms with E-state index in [4.69, 9.17) is 10.00 Å². The third-order valence-electron chi connectivity index (χ3n) is 3.94. The average Bonchev–Trinajstić information content (AvgIpc) is 3.14. The Bertz CT molecular complexity index is 701. The van der Waals surface area contributed by atoms with Crippen LogP contribution in [0.1, 0.15) is 11.3 Å². The first kappa shape index (κ1) is 16.4. The van der Waals surface area contributed by atoms with Crippen molar-refractivity contribution >= 4 is 17.2 Å². The minimum absolute atomic E-state index is 0.00679. The van der Waals surface area contributed by atoms with Crippen LogP contribution in [0, 0.1) is 11.3 Å². The molecule has 0 N–H and O–H groups in total. The molecule has 7 heteroatoms. The van der Waals surface area contributed by atoms with Gasteiger partial charge in [0, 0.05) is 38.1 Å². The molecule has 0 atom stereocenters. The Kier molecular flexibility index (Phi) is 5.41. The van der Waals surface area contributed by atoms with Gasteiger partial charge in [0.2, 0.25) is 0 Å². The van der Waals surface area contributed by atoms with Gasteiger partial charge in [-0.1, -0.05) is 0 Å². The van der Waals surface area contributed by atoms with Crippen molar-refractivity contribution in [2.45, 2.75) is 6.54 Å². The lowest BCUT2D eigenvalue weighted by Gasteiger charge is -2.34. The maximum absolute atomic E-state index is 12.2. The fourth-order valence-corrected chi connectivity index (χ4v) is 3.11. The van der Waals surface area contributed by atoms with E-state index in [0.29, 0.717) is 24.4 Å². The van der Waals surface area contributed by atoms with E-state index in [2.05, 4.69) is 21.3 Å². The number of benzene rings is 1. The standard InChI is InChI=1S/C17H18N4O2S/c18-9-14-1-3-16(4-2-14)23-11-17(22)21-7-5-20(6-8-21)10-15-12-24-13-19-15/h1-4,12-13H,5-8,10-11H2. The second-order valence-electron chi connectivity index (χ2n) is 5.56. The maximum atomic E-state index is 12.2. The van der Waals surface area contributed by atoms with Crippen molar-refractivity contribution in [1.29, 1.82) is 5.26 Å². The van der Waals surface area contributed by atoms with E-state index in [1.807, 2.05) is 10.4 Å². The van der Waals surface area contributed by atoms with E-state index in [0.717, 1.165) is 25.3 Å². The number of carbonyl (C=O) groups excluding carboxylic acids is 1. The quantitative estimate of drug-likeness (QED) is 0.828. The van der Waals surface area contributed by atoms with Gasteiger partial charge in [-0.2, -0.15) is 5.26 Å². The molecule has 124 valence electrons. The van der Waals surface area contributed by atoms with Crippen molar-refractivity contribution in [3.05, 3.63) is 46.4 Å². The van der Waals surface area contributed by atoms with Gasteiger partial charge < -0.3 is 9.64 Å². The van der Waals surface area contributed by atoms with Gasteiger partial charge in [-0.3, -0.25) is 9.69 Å². The summed E-state index contributed by atoms with van der Waals surface area (Å²) in [4.78, 5) is 20.7. The molecule has 2 aromatic rings. The Hall–Kier alpha value is -2.43. The first-order valence-corrected chi connectivity index (χ1v) is 8.69. The average molecular weight is 342 g/mol. The number of thiazole rings is 1. The summed E-state index contributed by atoms with van der Waals surface area (Å²) in [5.41, 5.74) is 3.50. The van der Waals surface area contributed by atoms with Crippen LogP contribution in [0.25, 0.3) is 0 Å². The third-order valence-corrected chi connectivity index (χ3v) is 4.58. The van der Waals surface area contributed by atoms with Crippen LogP contribution in [0.15, 0.2) is 35.2 Å². The van der Waals surface area contributed by atoms with Crippen LogP contribution in [0.2, 0.25) is 0 Å². The Morgan fingerprint density at radius 1 is 1.25 bits per heavy atom. The predicted octanol–water partition coefficient (Wildman–Crippen LogP) is 1.74. The lowest BCUT2D eigenvalue weighted by Crippen LogP contribution is -2.49. The van der Waals surface area contributed by atoms with Crippen molar-refractivity contribution in [1.82, 2.24) is 14.8 Å². The second kappa shape index (κ2) is 7.90. The van der Waals surface area contributed by atoms with Gasteiger partial charge in [0.25, 0.3) is 5.91 Å². The molecule has 3 rings (SSSR count). The molecule has 0 unspecified atom stereocenters. The van der Waals surface area contributed by atoms with E-state index in [1.165, 1.54) is 0 Å². The minimum atomic E-state index is -0.00679. The normalized spacial score (nSPS) is 15.0. The molecular weight excluding hydrogens is 324 g/mol. The predicted molar refractivity (Wildman–Crippen MR) is 90.6 cm³/mol. The Labute approximate surface area is 144 Å². The highest BCUT2D eigenvalue weighted by Gasteiger charge is 2.21. The molecule has 1 aliphatic rings. The minimum Gasteiger partial charge on any atom is -0.484 e. The van der Waals surface area contributed by atoms with Gasteiger partial charge in [-0.25, -0.2) is 4.98 Å². The van der Waals surface area contributed by atoms with E-state index in [9.17, 15) is 4.79 Å². The Balaban J connectivity index is 1.42. The number of nitriles is 1. The van der Waals surface area contributed by atoms with Crippen molar-refractivity contribution in [3.63, 3.8) is 0 Å². The van der Waals surface area contributed by atoms with Crippen molar-refractivity contribution in [2.75, 3.05) is 32.8 Å². The summed E-state index contributed by atoms with van der Waals surface area (Å²) < 4.78 is 5.51. The van der Waals surface area contributed by atoms with Crippen LogP contribution >= 0.6 is 11.3 Å². The monoisotopic (exact) mass is 342 g/mol. The number of aromatic nitrogens is 1. The lowest BCUT2D eigenvalue weighted by molar-refractivity contribution is -0.135. The smallest absolute Gasteiger partial charge is 0.260 e. The molecule has 0 spiro atoms. The number of hydrogen-bond acceptors (Lipinski definition) is 6. The number of amides is 1. The first-order valence-electron chi connectivity index (χ1n) is 7.75. The zero-order valence-corrected chi connectivity index (χ0v) is 14.0. The molecule has 24 heavy (non-hydrogen) atoms. The fourth-order valence-electron chi connectivity index (χ4n) is 2.56. The summed E-state index contributed by atoms with van der Waals surface area (Å²) in [5.74, 6) is 0.595. The molecule has 1 saturated heterocycles. The van der Waals surface area contributed by atoms with Crippen LogP contribution in [0.3, 0.4) is 0 Å². The molecular formula is C17H18N4O2S. The van der Waals surface area contributed by atoms with Crippen molar-refractivity contribution in [2.24, 2.45) is 0 Å². The third kappa shape index (κ3) is 4.31. The maximum Gasteiger partial charge on any atom is 0.260 e. The number of carbonyl (C=O) groups is 1. The molecule has 6 nitrogen and oxygen atoms in total. The topological polar surface area (TPSA) is 69.5 Å². The second-order valence-corrected chi connectivity index (χ2v) is 6.28. The molecule has 1 amide bonds. The van der Waals surface area contributed by atoms with Crippen LogP contribution in [-0.4, -0.2) is 53.5 Å². The van der Waals surface area contributed by atoms with Gasteiger partial charge in [0.15, 0.2) is 6.61 Å². The van der Waals surface area contributed by atoms with Gasteiger partial charge in [-0.05, 0) is 24.3 Å². The molecule has 0 bridgehead atoms. The summed E-state index contributed by atoms with van der Waals surface area (Å²) in [6.45, 7) is 3.98. The van der Waals surface area contributed by atoms with E-state index >= 15 is 0 Å². The van der Waals surface area contributed by atoms with E-state index in [1.54, 1.807) is 35.6 Å². The highest BCUT2D eigenvalue weighted by molar-refractivity contribution is 7.07. The Morgan fingerprint density at radius 2 is 2.00 bits per heavy atom. The summed E-state index contributed by atoms with van der Waals surface area (Å²) in [7, 11) is 0. The van der Waals surface area contributed by atoms with Gasteiger partial charge in [0.1, 0.15) is 5.75 Å². The van der Waals surface area contributed by atoms with E-state index in [-0.39, 0.29) is 12.5 Å². The Morgan fingerprint density at radius 3 is 2.62 bits per heavy atom. The van der Waals surface area contributed by atoms with Crippen LogP contribution in [0.4, 0.5) is 0 Å². The van der Waals surface area contributed by atoms with Crippen LogP contribution < -0.4 is 4.74 Å². The zero-order chi connectivity index (χ0) is 16.8. The largest absolute Gasteiger partial charge is 0.484 e. The van der Waals surface area contributed by atoms with Crippen molar-refractivity contribution < 1.29 is 9.53 Å². The molecule has 1 aromatic heterocycles. The fraction of sp³-hybridized carbons (Fsp3) is 0.353. The van der Waals surface area contributed by atoms with Gasteiger partial charge in [-0.15, -0.1) is 11.3 Å². The number of ether oxygens (including phenoxy) is 1. The summed E-state index contributed by atoms with van der Waals surface area (Å²) in [6, 6.07) is 8.82. The molecule has 2 heterocycles. The number of nitrogens with zero attached hydrogens (tertiary/aromatic N) is 4. The molecule has 1 fully saturated rings. The van der Waals surface area contributed by atoms with Crippen LogP contribution in [-0.2, 0) is 11.3 Å². The van der Waals surface area contributed by atoms with Gasteiger partial charge >= 0.3 is 0 Å². The SMILES string of the molecule is N#Cc1ccc(OCC(=O)N2CCN(Cc3cscn3)CC2)cc1. The summed E-state index contributed by atoms with van der Waals surface area (Å²) in [5, 5.41) is 10.8. The highest BCUT2D eigenvalue weighted by Crippen LogP contribution is 2.13. The summed E-state index contributed by atoms with van der Waals surface area (Å²) in [6.07, 6.45) is 0. The number of hydrogen-bond donors (Lipinski definition) is 0. The molecule has 1 aromatic carbocycles. The number of rotatable bonds is 5. The molecule has 0 saturated carbocycles. The van der Waals surface area contributed by atoms with Gasteiger partial charge in [0.05, 0.1) is 22.8 Å². The first-order chi connectivity index (χ1) is 11.7. The van der Waals surface area contributed by atoms with E-state index < -0.39 is 0 Å². The summed E-state index contributed by atoms with van der Waals surface area (Å²) >= 11 is 1.60. The lowest BCUT2D eigenvalue weighted by atomic mass is 10.2. The highest BCUT2D eigenvalue weighted by atomic mass is 32.1. The molecule has 0 aliphatic carbocycles. The zero-order valence-electron chi connectivity index (χ0n) is 13.2. The molecule has 0 radical (unpaired) electrons. The number of piperazine rings is 1. The van der Waals surface area contributed by atoms with Crippen LogP contribution in [0.5, 0.6) is 5.75 Å². The molecule has 1 aliphatic heterocycles. The van der Waals surface area contributed by atoms with Crippen molar-refractivity contribution in [3.8, 4) is 11.8 Å².